The second kappa shape index (κ2) is 3.17. The molecule has 0 unspecified atom stereocenters. The van der Waals surface area contributed by atoms with Gasteiger partial charge in [-0.05, 0) is 42.9 Å². The highest BCUT2D eigenvalue weighted by Crippen LogP contribution is 2.28. The van der Waals surface area contributed by atoms with Crippen molar-refractivity contribution < 1.29 is 2.74 Å². The topological polar surface area (TPSA) is 0 Å². The Balaban J connectivity index is 3.68. The van der Waals surface area contributed by atoms with Crippen molar-refractivity contribution in [2.75, 3.05) is 0 Å². The molecule has 1 rings (SSSR count). The Labute approximate surface area is 84.8 Å². The van der Waals surface area contributed by atoms with Crippen LogP contribution < -0.4 is 0 Å². The fraction of sp³-hybridized carbons (Fsp3) is 0.538. The third-order valence-corrected chi connectivity index (χ3v) is 2.38. The molecular formula is C13H20. The van der Waals surface area contributed by atoms with Crippen LogP contribution in [-0.2, 0) is 5.41 Å². The van der Waals surface area contributed by atoms with Gasteiger partial charge < -0.3 is 0 Å². The maximum absolute atomic E-state index is 8.11. The van der Waals surface area contributed by atoms with E-state index in [-0.39, 0.29) is 5.41 Å². The normalized spacial score (nSPS) is 14.0. The molecule has 1 aromatic rings. The van der Waals surface area contributed by atoms with E-state index < -0.39 is 0 Å². The maximum atomic E-state index is 8.11. The van der Waals surface area contributed by atoms with Crippen molar-refractivity contribution in [1.29, 1.82) is 0 Å². The standard InChI is InChI=1S/C13H20/c1-9-7-10(2)11(3)12(8-9)13(4,5)6/h7-8H,1-6H3/i7D,8D. The van der Waals surface area contributed by atoms with E-state index in [9.17, 15) is 0 Å². The van der Waals surface area contributed by atoms with Gasteiger partial charge in [0.25, 0.3) is 0 Å². The molecule has 0 heterocycles. The summed E-state index contributed by atoms with van der Waals surface area (Å²) >= 11 is 0. The minimum absolute atomic E-state index is 0.0234. The first-order valence-corrected chi connectivity index (χ1v) is 4.75. The first kappa shape index (κ1) is 7.61. The Morgan fingerprint density at radius 2 is 1.62 bits per heavy atom. The lowest BCUT2D eigenvalue weighted by Crippen LogP contribution is -2.14. The van der Waals surface area contributed by atoms with Gasteiger partial charge in [0.2, 0.25) is 0 Å². The van der Waals surface area contributed by atoms with Crippen molar-refractivity contribution in [2.45, 2.75) is 47.0 Å². The third kappa shape index (κ3) is 2.12. The van der Waals surface area contributed by atoms with E-state index in [1.807, 2.05) is 20.8 Å². The van der Waals surface area contributed by atoms with Crippen LogP contribution in [0.3, 0.4) is 0 Å². The summed E-state index contributed by atoms with van der Waals surface area (Å²) in [6.07, 6.45) is 0. The van der Waals surface area contributed by atoms with Crippen molar-refractivity contribution in [2.24, 2.45) is 0 Å². The van der Waals surface area contributed by atoms with E-state index in [1.165, 1.54) is 0 Å². The number of hydrogen-bond acceptors (Lipinski definition) is 0. The zero-order chi connectivity index (χ0) is 12.0. The zero-order valence-electron chi connectivity index (χ0n) is 11.5. The molecule has 13 heavy (non-hydrogen) atoms. The average molecular weight is 178 g/mol. The van der Waals surface area contributed by atoms with Crippen LogP contribution in [0.4, 0.5) is 0 Å². The summed E-state index contributed by atoms with van der Waals surface area (Å²) < 4.78 is 16.0. The highest BCUT2D eigenvalue weighted by Gasteiger charge is 2.17. The Kier molecular flexibility index (Phi) is 1.86. The minimum Gasteiger partial charge on any atom is -0.0561 e. The molecule has 0 N–H and O–H groups in total. The van der Waals surface area contributed by atoms with E-state index in [1.54, 1.807) is 0 Å². The van der Waals surface area contributed by atoms with Crippen molar-refractivity contribution >= 4 is 0 Å². The fourth-order valence-electron chi connectivity index (χ4n) is 1.62. The minimum atomic E-state index is -0.0234. The molecule has 0 atom stereocenters. The van der Waals surface area contributed by atoms with Gasteiger partial charge in [-0.15, -0.1) is 0 Å². The van der Waals surface area contributed by atoms with E-state index >= 15 is 0 Å². The molecule has 0 saturated heterocycles. The van der Waals surface area contributed by atoms with E-state index in [4.69, 9.17) is 2.74 Å². The molecule has 0 aliphatic carbocycles. The summed E-state index contributed by atoms with van der Waals surface area (Å²) in [5.41, 5.74) is 3.96. The van der Waals surface area contributed by atoms with Crippen LogP contribution in [-0.4, -0.2) is 0 Å². The van der Waals surface area contributed by atoms with Gasteiger partial charge in [-0.25, -0.2) is 0 Å². The second-order valence-corrected chi connectivity index (χ2v) is 4.75. The molecule has 0 heteroatoms. The monoisotopic (exact) mass is 178 g/mol. The first-order valence-electron chi connectivity index (χ1n) is 5.75. The zero-order valence-corrected chi connectivity index (χ0v) is 9.50. The van der Waals surface area contributed by atoms with Crippen molar-refractivity contribution in [3.63, 3.8) is 0 Å². The molecule has 1 aromatic carbocycles. The molecule has 0 fully saturated rings. The van der Waals surface area contributed by atoms with Crippen molar-refractivity contribution in [1.82, 2.24) is 0 Å². The summed E-state index contributed by atoms with van der Waals surface area (Å²) in [7, 11) is 0. The molecule has 0 amide bonds. The molecule has 0 aliphatic heterocycles. The molecule has 0 aliphatic rings. The number of hydrogen-bond donors (Lipinski definition) is 0. The predicted molar refractivity (Wildman–Crippen MR) is 59.4 cm³/mol. The van der Waals surface area contributed by atoms with Gasteiger partial charge >= 0.3 is 0 Å². The van der Waals surface area contributed by atoms with Crippen LogP contribution in [0, 0.1) is 20.8 Å². The van der Waals surface area contributed by atoms with Crippen LogP contribution in [0.5, 0.6) is 0 Å². The smallest absolute Gasteiger partial charge is 0.0561 e. The van der Waals surface area contributed by atoms with Gasteiger partial charge in [-0.1, -0.05) is 38.4 Å². The van der Waals surface area contributed by atoms with Crippen LogP contribution in [0.25, 0.3) is 0 Å². The molecule has 0 spiro atoms. The SMILES string of the molecule is [2H]c1c(C)c([2H])c(C(C)(C)C)c(C)c1C. The van der Waals surface area contributed by atoms with E-state index in [0.717, 1.165) is 22.3 Å². The van der Waals surface area contributed by atoms with Crippen LogP contribution in [0.15, 0.2) is 12.1 Å². The summed E-state index contributed by atoms with van der Waals surface area (Å²) in [5, 5.41) is 0. The summed E-state index contributed by atoms with van der Waals surface area (Å²) in [5.74, 6) is 0. The lowest BCUT2D eigenvalue weighted by molar-refractivity contribution is 0.585. The molecule has 0 nitrogen and oxygen atoms in total. The fourth-order valence-corrected chi connectivity index (χ4v) is 1.62. The molecule has 0 saturated carbocycles. The molecular weight excluding hydrogens is 156 g/mol. The Morgan fingerprint density at radius 1 is 1.08 bits per heavy atom. The van der Waals surface area contributed by atoms with Crippen molar-refractivity contribution in [3.8, 4) is 0 Å². The van der Waals surface area contributed by atoms with Crippen molar-refractivity contribution in [3.05, 3.63) is 34.3 Å². The third-order valence-electron chi connectivity index (χ3n) is 2.38. The summed E-state index contributed by atoms with van der Waals surface area (Å²) in [6, 6.07) is 1.06. The van der Waals surface area contributed by atoms with Gasteiger partial charge in [0.05, 0.1) is 2.74 Å². The summed E-state index contributed by atoms with van der Waals surface area (Å²) in [4.78, 5) is 0. The highest BCUT2D eigenvalue weighted by molar-refractivity contribution is 5.40. The quantitative estimate of drug-likeness (QED) is 0.565. The predicted octanol–water partition coefficient (Wildman–Crippen LogP) is 3.91. The second-order valence-electron chi connectivity index (χ2n) is 4.75. The molecule has 72 valence electrons. The van der Waals surface area contributed by atoms with Gasteiger partial charge in [-0.2, -0.15) is 0 Å². The van der Waals surface area contributed by atoms with Crippen LogP contribution >= 0.6 is 0 Å². The lowest BCUT2D eigenvalue weighted by atomic mass is 9.82. The average Bonchev–Trinajstić information content (AvgIpc) is 2.09. The van der Waals surface area contributed by atoms with Gasteiger partial charge in [0, 0.05) is 0 Å². The van der Waals surface area contributed by atoms with Gasteiger partial charge in [0.1, 0.15) is 0 Å². The van der Waals surface area contributed by atoms with E-state index in [2.05, 4.69) is 20.8 Å². The van der Waals surface area contributed by atoms with Crippen LogP contribution in [0.1, 0.15) is 45.8 Å². The lowest BCUT2D eigenvalue weighted by Gasteiger charge is -2.23. The Hall–Kier alpha value is -0.780. The first-order chi connectivity index (χ1) is 6.68. The van der Waals surface area contributed by atoms with E-state index in [0.29, 0.717) is 12.1 Å². The van der Waals surface area contributed by atoms with Crippen LogP contribution in [0.2, 0.25) is 0 Å². The largest absolute Gasteiger partial charge is 0.0629 e. The molecule has 0 radical (unpaired) electrons. The maximum Gasteiger partial charge on any atom is 0.0629 e. The van der Waals surface area contributed by atoms with Gasteiger partial charge in [0.15, 0.2) is 0 Å². The Morgan fingerprint density at radius 3 is 2.08 bits per heavy atom. The number of rotatable bonds is 0. The molecule has 0 aromatic heterocycles. The highest BCUT2D eigenvalue weighted by atomic mass is 14.2. The number of benzene rings is 1. The summed E-state index contributed by atoms with van der Waals surface area (Å²) in [6.45, 7) is 12.2. The van der Waals surface area contributed by atoms with Gasteiger partial charge in [-0.3, -0.25) is 0 Å². The Bertz CT molecular complexity index is 369. The molecule has 0 bridgehead atoms.